The minimum absolute atomic E-state index is 0.177. The number of benzene rings is 1. The van der Waals surface area contributed by atoms with Gasteiger partial charge in [0.25, 0.3) is 0 Å². The molecule has 19 heavy (non-hydrogen) atoms. The Hall–Kier alpha value is -0.900. The first-order valence-corrected chi connectivity index (χ1v) is 7.19. The third-order valence-corrected chi connectivity index (χ3v) is 3.75. The summed E-state index contributed by atoms with van der Waals surface area (Å²) in [6, 6.07) is 7.10. The Morgan fingerprint density at radius 1 is 1.42 bits per heavy atom. The highest BCUT2D eigenvalue weighted by Gasteiger charge is 2.19. The molecule has 1 aliphatic heterocycles. The van der Waals surface area contributed by atoms with Gasteiger partial charge in [-0.25, -0.2) is 0 Å². The number of carbonyl (C=O) groups excluding carboxylic acids is 1. The van der Waals surface area contributed by atoms with Crippen molar-refractivity contribution in [2.75, 3.05) is 26.2 Å². The smallest absolute Gasteiger partial charge is 0.164 e. The molecule has 4 heteroatoms. The summed E-state index contributed by atoms with van der Waals surface area (Å²) in [5.41, 5.74) is 0.740. The molecule has 0 N–H and O–H groups in total. The number of morpholine rings is 1. The molecule has 1 fully saturated rings. The van der Waals surface area contributed by atoms with Crippen molar-refractivity contribution in [3.8, 4) is 0 Å². The monoisotopic (exact) mass is 281 g/mol. The van der Waals surface area contributed by atoms with Crippen molar-refractivity contribution in [3.63, 3.8) is 0 Å². The number of halogens is 1. The van der Waals surface area contributed by atoms with Crippen LogP contribution in [-0.4, -0.2) is 43.0 Å². The number of carbonyl (C=O) groups is 1. The largest absolute Gasteiger partial charge is 0.376 e. The number of Topliss-reactive ketones (excluding diaryl/α,β-unsaturated/α-hetero) is 1. The Morgan fingerprint density at radius 2 is 2.16 bits per heavy atom. The summed E-state index contributed by atoms with van der Waals surface area (Å²) in [6.07, 6.45) is 1.90. The standard InChI is InChI=1S/C15H20ClNO2/c1-2-14-11-17(9-10-19-14)8-7-15(18)12-3-5-13(16)6-4-12/h3-6,14H,2,7-11H2,1H3. The van der Waals surface area contributed by atoms with E-state index in [4.69, 9.17) is 16.3 Å². The van der Waals surface area contributed by atoms with E-state index >= 15 is 0 Å². The van der Waals surface area contributed by atoms with E-state index < -0.39 is 0 Å². The fourth-order valence-electron chi connectivity index (χ4n) is 2.27. The van der Waals surface area contributed by atoms with Crippen LogP contribution in [0.3, 0.4) is 0 Å². The minimum Gasteiger partial charge on any atom is -0.376 e. The Bertz CT molecular complexity index is 419. The summed E-state index contributed by atoms with van der Waals surface area (Å²) < 4.78 is 5.62. The van der Waals surface area contributed by atoms with E-state index in [2.05, 4.69) is 11.8 Å². The van der Waals surface area contributed by atoms with Gasteiger partial charge in [0.05, 0.1) is 12.7 Å². The van der Waals surface area contributed by atoms with Gasteiger partial charge >= 0.3 is 0 Å². The lowest BCUT2D eigenvalue weighted by molar-refractivity contribution is -0.0293. The average molecular weight is 282 g/mol. The molecule has 0 saturated carbocycles. The lowest BCUT2D eigenvalue weighted by atomic mass is 10.1. The van der Waals surface area contributed by atoms with Crippen LogP contribution in [0.2, 0.25) is 5.02 Å². The normalized spacial score (nSPS) is 20.4. The molecule has 3 nitrogen and oxygen atoms in total. The van der Waals surface area contributed by atoms with Crippen LogP contribution < -0.4 is 0 Å². The van der Waals surface area contributed by atoms with E-state index in [1.165, 1.54) is 0 Å². The molecular formula is C15H20ClNO2. The lowest BCUT2D eigenvalue weighted by Gasteiger charge is -2.32. The predicted molar refractivity (Wildman–Crippen MR) is 76.9 cm³/mol. The molecule has 0 aromatic heterocycles. The predicted octanol–water partition coefficient (Wildman–Crippen LogP) is 3.02. The van der Waals surface area contributed by atoms with Crippen molar-refractivity contribution in [3.05, 3.63) is 34.9 Å². The van der Waals surface area contributed by atoms with Gasteiger partial charge in [0, 0.05) is 36.6 Å². The van der Waals surface area contributed by atoms with Crippen LogP contribution in [0.15, 0.2) is 24.3 Å². The number of hydrogen-bond acceptors (Lipinski definition) is 3. The van der Waals surface area contributed by atoms with E-state index in [0.717, 1.165) is 38.2 Å². The second-order valence-electron chi connectivity index (χ2n) is 4.88. The topological polar surface area (TPSA) is 29.5 Å². The molecule has 1 saturated heterocycles. The highest BCUT2D eigenvalue weighted by atomic mass is 35.5. The van der Waals surface area contributed by atoms with Gasteiger partial charge in [0.1, 0.15) is 0 Å². The fourth-order valence-corrected chi connectivity index (χ4v) is 2.40. The number of ether oxygens (including phenoxy) is 1. The van der Waals surface area contributed by atoms with E-state index in [-0.39, 0.29) is 5.78 Å². The first-order chi connectivity index (χ1) is 9.19. The number of ketones is 1. The molecule has 0 amide bonds. The summed E-state index contributed by atoms with van der Waals surface area (Å²) in [5, 5.41) is 0.663. The Labute approximate surface area is 119 Å². The molecule has 1 heterocycles. The maximum absolute atomic E-state index is 12.0. The molecular weight excluding hydrogens is 262 g/mol. The Kier molecular flexibility index (Phi) is 5.37. The van der Waals surface area contributed by atoms with Gasteiger partial charge in [-0.15, -0.1) is 0 Å². The highest BCUT2D eigenvalue weighted by Crippen LogP contribution is 2.13. The highest BCUT2D eigenvalue weighted by molar-refractivity contribution is 6.30. The molecule has 1 atom stereocenters. The zero-order valence-electron chi connectivity index (χ0n) is 11.3. The van der Waals surface area contributed by atoms with Gasteiger partial charge in [-0.1, -0.05) is 18.5 Å². The van der Waals surface area contributed by atoms with E-state index in [0.29, 0.717) is 17.5 Å². The number of rotatable bonds is 5. The van der Waals surface area contributed by atoms with Crippen molar-refractivity contribution >= 4 is 17.4 Å². The van der Waals surface area contributed by atoms with Gasteiger partial charge in [0.2, 0.25) is 0 Å². The SMILES string of the molecule is CCC1CN(CCC(=O)c2ccc(Cl)cc2)CCO1. The van der Waals surface area contributed by atoms with Gasteiger partial charge in [-0.05, 0) is 30.7 Å². The Morgan fingerprint density at radius 3 is 2.84 bits per heavy atom. The zero-order valence-corrected chi connectivity index (χ0v) is 12.0. The van der Waals surface area contributed by atoms with Gasteiger partial charge in [0.15, 0.2) is 5.78 Å². The lowest BCUT2D eigenvalue weighted by Crippen LogP contribution is -2.42. The average Bonchev–Trinajstić information content (AvgIpc) is 2.46. The zero-order chi connectivity index (χ0) is 13.7. The maximum Gasteiger partial charge on any atom is 0.164 e. The summed E-state index contributed by atoms with van der Waals surface area (Å²) in [5.74, 6) is 0.177. The molecule has 1 aromatic carbocycles. The fraction of sp³-hybridized carbons (Fsp3) is 0.533. The van der Waals surface area contributed by atoms with Crippen molar-refractivity contribution in [2.24, 2.45) is 0 Å². The second-order valence-corrected chi connectivity index (χ2v) is 5.32. The summed E-state index contributed by atoms with van der Waals surface area (Å²) in [4.78, 5) is 14.4. The van der Waals surface area contributed by atoms with Crippen LogP contribution in [0, 0.1) is 0 Å². The van der Waals surface area contributed by atoms with Crippen LogP contribution >= 0.6 is 11.6 Å². The van der Waals surface area contributed by atoms with Gasteiger partial charge in [-0.2, -0.15) is 0 Å². The molecule has 0 spiro atoms. The molecule has 0 radical (unpaired) electrons. The molecule has 1 aromatic rings. The third-order valence-electron chi connectivity index (χ3n) is 3.50. The maximum atomic E-state index is 12.0. The second kappa shape index (κ2) is 7.04. The van der Waals surface area contributed by atoms with E-state index in [9.17, 15) is 4.79 Å². The first kappa shape index (κ1) is 14.5. The quantitative estimate of drug-likeness (QED) is 0.777. The van der Waals surface area contributed by atoms with Crippen LogP contribution in [0.4, 0.5) is 0 Å². The summed E-state index contributed by atoms with van der Waals surface area (Å²) in [6.45, 7) is 5.57. The number of hydrogen-bond donors (Lipinski definition) is 0. The van der Waals surface area contributed by atoms with Crippen LogP contribution in [0.5, 0.6) is 0 Å². The van der Waals surface area contributed by atoms with Crippen molar-refractivity contribution in [2.45, 2.75) is 25.9 Å². The minimum atomic E-state index is 0.177. The van der Waals surface area contributed by atoms with Crippen LogP contribution in [0.1, 0.15) is 30.1 Å². The van der Waals surface area contributed by atoms with Crippen LogP contribution in [-0.2, 0) is 4.74 Å². The van der Waals surface area contributed by atoms with Crippen molar-refractivity contribution in [1.82, 2.24) is 4.90 Å². The number of nitrogens with zero attached hydrogens (tertiary/aromatic N) is 1. The molecule has 104 valence electrons. The molecule has 2 rings (SSSR count). The van der Waals surface area contributed by atoms with Gasteiger partial charge < -0.3 is 4.74 Å². The summed E-state index contributed by atoms with van der Waals surface area (Å²) in [7, 11) is 0. The first-order valence-electron chi connectivity index (χ1n) is 6.81. The van der Waals surface area contributed by atoms with Gasteiger partial charge in [-0.3, -0.25) is 9.69 Å². The van der Waals surface area contributed by atoms with E-state index in [1.807, 2.05) is 0 Å². The van der Waals surface area contributed by atoms with Crippen molar-refractivity contribution in [1.29, 1.82) is 0 Å². The summed E-state index contributed by atoms with van der Waals surface area (Å²) >= 11 is 5.81. The van der Waals surface area contributed by atoms with E-state index in [1.54, 1.807) is 24.3 Å². The molecule has 1 aliphatic rings. The van der Waals surface area contributed by atoms with Crippen molar-refractivity contribution < 1.29 is 9.53 Å². The molecule has 0 bridgehead atoms. The van der Waals surface area contributed by atoms with Crippen LogP contribution in [0.25, 0.3) is 0 Å². The Balaban J connectivity index is 1.81. The molecule has 0 aliphatic carbocycles. The third kappa shape index (κ3) is 4.30. The molecule has 1 unspecified atom stereocenters.